The molecule has 1 heterocycles. The molecule has 2 aromatic carbocycles. The van der Waals surface area contributed by atoms with Crippen LogP contribution in [0.15, 0.2) is 36.9 Å². The first-order valence-electron chi connectivity index (χ1n) is 8.00. The number of hydrogen-bond acceptors (Lipinski definition) is 3. The molecule has 1 amide bonds. The van der Waals surface area contributed by atoms with Crippen molar-refractivity contribution in [1.29, 1.82) is 0 Å². The fourth-order valence-electron chi connectivity index (χ4n) is 3.74. The van der Waals surface area contributed by atoms with E-state index in [0.717, 1.165) is 35.6 Å². The number of carbonyl (C=O) groups excluding carboxylic acids is 1. The van der Waals surface area contributed by atoms with Crippen LogP contribution in [0.2, 0.25) is 0 Å². The molecule has 0 bridgehead atoms. The molecule has 2 atom stereocenters. The number of fused-ring (bicyclic) bond motifs is 3. The van der Waals surface area contributed by atoms with Crippen molar-refractivity contribution in [3.05, 3.63) is 48.0 Å². The zero-order valence-electron chi connectivity index (χ0n) is 12.9. The molecule has 0 unspecified atom stereocenters. The first-order chi connectivity index (χ1) is 11.2. The minimum atomic E-state index is -0.455. The predicted molar refractivity (Wildman–Crippen MR) is 89.3 cm³/mol. The second kappa shape index (κ2) is 5.39. The van der Waals surface area contributed by atoms with Gasteiger partial charge in [-0.2, -0.15) is 0 Å². The van der Waals surface area contributed by atoms with Gasteiger partial charge in [-0.1, -0.05) is 36.9 Å². The molecule has 118 valence electrons. The van der Waals surface area contributed by atoms with Crippen LogP contribution in [0, 0.1) is 0 Å². The second-order valence-electron chi connectivity index (χ2n) is 6.21. The van der Waals surface area contributed by atoms with Crippen LogP contribution in [0.25, 0.3) is 16.8 Å². The maximum Gasteiger partial charge on any atom is 0.260 e. The van der Waals surface area contributed by atoms with E-state index in [1.807, 2.05) is 30.3 Å². The molecule has 0 radical (unpaired) electrons. The molecule has 0 aromatic heterocycles. The van der Waals surface area contributed by atoms with Gasteiger partial charge in [0.25, 0.3) is 5.91 Å². The molecule has 1 saturated carbocycles. The molecule has 4 nitrogen and oxygen atoms in total. The Balaban J connectivity index is 1.84. The van der Waals surface area contributed by atoms with Crippen molar-refractivity contribution in [2.45, 2.75) is 31.4 Å². The normalized spacial score (nSPS) is 23.7. The first kappa shape index (κ1) is 14.3. The lowest BCUT2D eigenvalue weighted by molar-refractivity contribution is 0.0132. The summed E-state index contributed by atoms with van der Waals surface area (Å²) in [7, 11) is 0. The third kappa shape index (κ3) is 2.13. The zero-order valence-corrected chi connectivity index (χ0v) is 12.9. The summed E-state index contributed by atoms with van der Waals surface area (Å²) >= 11 is 0. The Bertz CT molecular complexity index is 799. The maximum absolute atomic E-state index is 13.0. The molecule has 23 heavy (non-hydrogen) atoms. The van der Waals surface area contributed by atoms with Crippen molar-refractivity contribution in [2.75, 3.05) is 6.73 Å². The highest BCUT2D eigenvalue weighted by atomic mass is 16.5. The topological polar surface area (TPSA) is 49.8 Å². The van der Waals surface area contributed by atoms with Crippen LogP contribution >= 0.6 is 0 Å². The lowest BCUT2D eigenvalue weighted by atomic mass is 9.97. The fraction of sp³-hybridized carbons (Fsp3) is 0.316. The maximum atomic E-state index is 13.0. The Kier molecular flexibility index (Phi) is 3.34. The summed E-state index contributed by atoms with van der Waals surface area (Å²) in [6, 6.07) is 9.58. The smallest absolute Gasteiger partial charge is 0.260 e. The van der Waals surface area contributed by atoms with Crippen LogP contribution in [-0.2, 0) is 0 Å². The van der Waals surface area contributed by atoms with E-state index in [9.17, 15) is 9.90 Å². The highest BCUT2D eigenvalue weighted by Gasteiger charge is 2.38. The Morgan fingerprint density at radius 1 is 1.26 bits per heavy atom. The van der Waals surface area contributed by atoms with Crippen molar-refractivity contribution in [2.24, 2.45) is 0 Å². The average molecular weight is 309 g/mol. The summed E-state index contributed by atoms with van der Waals surface area (Å²) in [4.78, 5) is 14.6. The molecular formula is C19H19NO3. The standard InChI is InChI=1S/C19H19NO3/c1-2-12-10-15-18(14-7-4-3-6-13(12)14)23-11-20(19(15)22)16-8-5-9-17(16)21/h2-4,6-7,10,16-17,21H,1,5,8-9,11H2/t16-,17-/m0/s1. The number of nitrogens with zero attached hydrogens (tertiary/aromatic N) is 1. The molecule has 4 rings (SSSR count). The summed E-state index contributed by atoms with van der Waals surface area (Å²) < 4.78 is 5.94. The Hall–Kier alpha value is -2.33. The van der Waals surface area contributed by atoms with Gasteiger partial charge in [-0.05, 0) is 36.3 Å². The van der Waals surface area contributed by atoms with E-state index in [1.165, 1.54) is 0 Å². The molecule has 0 saturated heterocycles. The van der Waals surface area contributed by atoms with E-state index in [2.05, 4.69) is 6.58 Å². The summed E-state index contributed by atoms with van der Waals surface area (Å²) in [5.41, 5.74) is 1.48. The van der Waals surface area contributed by atoms with E-state index >= 15 is 0 Å². The monoisotopic (exact) mass is 309 g/mol. The first-order valence-corrected chi connectivity index (χ1v) is 8.00. The summed E-state index contributed by atoms with van der Waals surface area (Å²) in [5, 5.41) is 12.1. The minimum Gasteiger partial charge on any atom is -0.472 e. The van der Waals surface area contributed by atoms with Gasteiger partial charge in [0.15, 0.2) is 6.73 Å². The zero-order chi connectivity index (χ0) is 16.0. The number of ether oxygens (including phenoxy) is 1. The molecule has 1 fully saturated rings. The van der Waals surface area contributed by atoms with Gasteiger partial charge in [0.05, 0.1) is 17.7 Å². The quantitative estimate of drug-likeness (QED) is 0.927. The second-order valence-corrected chi connectivity index (χ2v) is 6.21. The Morgan fingerprint density at radius 2 is 2.04 bits per heavy atom. The van der Waals surface area contributed by atoms with Crippen LogP contribution in [0.3, 0.4) is 0 Å². The largest absolute Gasteiger partial charge is 0.472 e. The van der Waals surface area contributed by atoms with Gasteiger partial charge >= 0.3 is 0 Å². The van der Waals surface area contributed by atoms with Gasteiger partial charge in [0, 0.05) is 5.39 Å². The highest BCUT2D eigenvalue weighted by molar-refractivity contribution is 6.07. The van der Waals surface area contributed by atoms with Gasteiger partial charge in [0.2, 0.25) is 0 Å². The number of rotatable bonds is 2. The van der Waals surface area contributed by atoms with Crippen LogP contribution in [-0.4, -0.2) is 34.8 Å². The van der Waals surface area contributed by atoms with Crippen LogP contribution in [0.1, 0.15) is 35.2 Å². The third-order valence-corrected chi connectivity index (χ3v) is 4.93. The third-order valence-electron chi connectivity index (χ3n) is 4.93. The number of hydrogen-bond donors (Lipinski definition) is 1. The van der Waals surface area contributed by atoms with Crippen molar-refractivity contribution < 1.29 is 14.6 Å². The van der Waals surface area contributed by atoms with E-state index < -0.39 is 6.10 Å². The van der Waals surface area contributed by atoms with Gasteiger partial charge in [-0.25, -0.2) is 0 Å². The van der Waals surface area contributed by atoms with Crippen LogP contribution in [0.4, 0.5) is 0 Å². The molecule has 2 aromatic rings. The lowest BCUT2D eigenvalue weighted by Crippen LogP contribution is -2.48. The van der Waals surface area contributed by atoms with Crippen LogP contribution in [0.5, 0.6) is 5.75 Å². The minimum absolute atomic E-state index is 0.0638. The number of aliphatic hydroxyl groups is 1. The number of aliphatic hydroxyl groups excluding tert-OH is 1. The highest BCUT2D eigenvalue weighted by Crippen LogP contribution is 2.38. The molecule has 1 aliphatic heterocycles. The fourth-order valence-corrected chi connectivity index (χ4v) is 3.74. The molecule has 4 heteroatoms. The van der Waals surface area contributed by atoms with Crippen molar-refractivity contribution in [3.8, 4) is 5.75 Å². The summed E-state index contributed by atoms with van der Waals surface area (Å²) in [6.07, 6.45) is 3.82. The number of amides is 1. The number of benzene rings is 2. The van der Waals surface area contributed by atoms with Gasteiger partial charge in [0.1, 0.15) is 5.75 Å². The van der Waals surface area contributed by atoms with E-state index in [0.29, 0.717) is 11.3 Å². The molecular weight excluding hydrogens is 290 g/mol. The van der Waals surface area contributed by atoms with Gasteiger partial charge in [-0.3, -0.25) is 9.69 Å². The van der Waals surface area contributed by atoms with Crippen molar-refractivity contribution in [1.82, 2.24) is 4.90 Å². The van der Waals surface area contributed by atoms with Crippen molar-refractivity contribution >= 4 is 22.8 Å². The molecule has 1 N–H and O–H groups in total. The predicted octanol–water partition coefficient (Wildman–Crippen LogP) is 3.19. The molecule has 0 spiro atoms. The van der Waals surface area contributed by atoms with E-state index in [1.54, 1.807) is 11.0 Å². The summed E-state index contributed by atoms with van der Waals surface area (Å²) in [5.74, 6) is 0.575. The Labute approximate surface area is 135 Å². The molecule has 1 aliphatic carbocycles. The SMILES string of the molecule is C=Cc1cc2c(c3ccccc13)OCN([C@H]1CCC[C@@H]1O)C2=O. The Morgan fingerprint density at radius 3 is 2.74 bits per heavy atom. The van der Waals surface area contributed by atoms with E-state index in [4.69, 9.17) is 4.74 Å². The average Bonchev–Trinajstić information content (AvgIpc) is 3.00. The van der Waals surface area contributed by atoms with E-state index in [-0.39, 0.29) is 18.7 Å². The summed E-state index contributed by atoms with van der Waals surface area (Å²) in [6.45, 7) is 4.06. The molecule has 2 aliphatic rings. The lowest BCUT2D eigenvalue weighted by Gasteiger charge is -2.35. The van der Waals surface area contributed by atoms with Crippen molar-refractivity contribution in [3.63, 3.8) is 0 Å². The van der Waals surface area contributed by atoms with Crippen LogP contribution < -0.4 is 4.74 Å². The van der Waals surface area contributed by atoms with Gasteiger partial charge < -0.3 is 9.84 Å². The number of carbonyl (C=O) groups is 1. The van der Waals surface area contributed by atoms with Gasteiger partial charge in [-0.15, -0.1) is 0 Å².